The van der Waals surface area contributed by atoms with Gasteiger partial charge < -0.3 is 13.9 Å². The second-order valence-electron chi connectivity index (χ2n) is 5.83. The van der Waals surface area contributed by atoms with E-state index < -0.39 is 0 Å². The summed E-state index contributed by atoms with van der Waals surface area (Å²) in [6, 6.07) is 9.50. The molecule has 0 saturated heterocycles. The molecule has 1 aliphatic heterocycles. The Balaban J connectivity index is 1.39. The van der Waals surface area contributed by atoms with Crippen molar-refractivity contribution in [3.63, 3.8) is 0 Å². The van der Waals surface area contributed by atoms with Crippen LogP contribution in [0.5, 0.6) is 0 Å². The summed E-state index contributed by atoms with van der Waals surface area (Å²) in [6.07, 6.45) is 11.0. The first-order valence-electron chi connectivity index (χ1n) is 8.37. The van der Waals surface area contributed by atoms with Crippen molar-refractivity contribution in [2.45, 2.75) is 23.8 Å². The minimum Gasteiger partial charge on any atom is -0.465 e. The highest BCUT2D eigenvalue weighted by Gasteiger charge is 2.21. The number of benzene rings is 1. The van der Waals surface area contributed by atoms with Crippen LogP contribution in [0.2, 0.25) is 0 Å². The third-order valence-corrected chi connectivity index (χ3v) is 4.85. The van der Waals surface area contributed by atoms with E-state index in [0.717, 1.165) is 24.0 Å². The Morgan fingerprint density at radius 3 is 2.74 bits per heavy atom. The molecule has 0 radical (unpaired) electrons. The normalized spacial score (nSPS) is 15.7. The number of nitrogens with zero attached hydrogens (tertiary/aromatic N) is 3. The zero-order valence-corrected chi connectivity index (χ0v) is 15.1. The lowest BCUT2D eigenvalue weighted by Crippen LogP contribution is -2.03. The van der Waals surface area contributed by atoms with Gasteiger partial charge in [0.25, 0.3) is 11.1 Å². The Bertz CT molecular complexity index is 994. The SMILES string of the molecule is N#Cc1ccc(CSc2nnc(C3=COC=C(C4=CC=CCC4)O3)o2)cc1. The molecule has 1 aromatic heterocycles. The predicted octanol–water partition coefficient (Wildman–Crippen LogP) is 4.70. The molecule has 134 valence electrons. The van der Waals surface area contributed by atoms with Crippen molar-refractivity contribution in [3.8, 4) is 6.07 Å². The smallest absolute Gasteiger partial charge is 0.287 e. The highest BCUT2D eigenvalue weighted by molar-refractivity contribution is 7.98. The van der Waals surface area contributed by atoms with Crippen molar-refractivity contribution >= 4 is 17.5 Å². The van der Waals surface area contributed by atoms with Gasteiger partial charge in [-0.1, -0.05) is 42.1 Å². The summed E-state index contributed by atoms with van der Waals surface area (Å²) in [4.78, 5) is 0. The molecule has 0 spiro atoms. The Kier molecular flexibility index (Phi) is 5.08. The van der Waals surface area contributed by atoms with Crippen LogP contribution in [0.1, 0.15) is 29.9 Å². The maximum atomic E-state index is 8.84. The Morgan fingerprint density at radius 2 is 1.96 bits per heavy atom. The lowest BCUT2D eigenvalue weighted by atomic mass is 10.0. The summed E-state index contributed by atoms with van der Waals surface area (Å²) in [5, 5.41) is 17.4. The summed E-state index contributed by atoms with van der Waals surface area (Å²) in [6.45, 7) is 0. The number of ether oxygens (including phenoxy) is 2. The second kappa shape index (κ2) is 7.98. The van der Waals surface area contributed by atoms with E-state index in [0.29, 0.717) is 28.1 Å². The molecular weight excluding hydrogens is 362 g/mol. The molecule has 4 rings (SSSR count). The lowest BCUT2D eigenvalue weighted by molar-refractivity contribution is 0.271. The molecule has 1 aliphatic carbocycles. The molecule has 0 fully saturated rings. The van der Waals surface area contributed by atoms with E-state index in [1.165, 1.54) is 18.0 Å². The van der Waals surface area contributed by atoms with Gasteiger partial charge in [0.15, 0.2) is 5.76 Å². The van der Waals surface area contributed by atoms with Crippen LogP contribution in [-0.4, -0.2) is 10.2 Å². The van der Waals surface area contributed by atoms with Crippen molar-refractivity contribution in [1.82, 2.24) is 10.2 Å². The molecule has 0 amide bonds. The van der Waals surface area contributed by atoms with Crippen LogP contribution in [0.25, 0.3) is 5.76 Å². The zero-order chi connectivity index (χ0) is 18.5. The quantitative estimate of drug-likeness (QED) is 0.699. The fourth-order valence-electron chi connectivity index (χ4n) is 2.56. The van der Waals surface area contributed by atoms with Crippen molar-refractivity contribution in [2.75, 3.05) is 0 Å². The van der Waals surface area contributed by atoms with Crippen molar-refractivity contribution in [3.05, 3.63) is 83.4 Å². The summed E-state index contributed by atoms with van der Waals surface area (Å²) in [7, 11) is 0. The average molecular weight is 377 g/mol. The maximum absolute atomic E-state index is 8.84. The van der Waals surface area contributed by atoms with Crippen LogP contribution in [0.15, 0.2) is 76.0 Å². The Hall–Kier alpha value is -3.24. The molecule has 7 heteroatoms. The topological polar surface area (TPSA) is 81.2 Å². The van der Waals surface area contributed by atoms with Crippen LogP contribution >= 0.6 is 11.8 Å². The molecule has 0 N–H and O–H groups in total. The van der Waals surface area contributed by atoms with Gasteiger partial charge in [0.2, 0.25) is 5.76 Å². The fourth-order valence-corrected chi connectivity index (χ4v) is 3.27. The molecular formula is C20H15N3O3S. The molecule has 0 unspecified atom stereocenters. The van der Waals surface area contributed by atoms with Gasteiger partial charge in [-0.15, -0.1) is 10.2 Å². The van der Waals surface area contributed by atoms with Crippen LogP contribution in [0.4, 0.5) is 0 Å². The third-order valence-electron chi connectivity index (χ3n) is 3.96. The van der Waals surface area contributed by atoms with Crippen molar-refractivity contribution in [2.24, 2.45) is 0 Å². The third kappa shape index (κ3) is 4.13. The number of hydrogen-bond donors (Lipinski definition) is 0. The standard InChI is InChI=1S/C20H15N3O3S/c21-10-14-6-8-15(9-7-14)13-27-20-23-22-19(26-20)18-12-24-11-17(25-18)16-4-2-1-3-5-16/h1-2,4,6-9,11-12H,3,5,13H2. The van der Waals surface area contributed by atoms with E-state index in [9.17, 15) is 0 Å². The Morgan fingerprint density at radius 1 is 1.11 bits per heavy atom. The summed E-state index contributed by atoms with van der Waals surface area (Å²) in [5.74, 6) is 1.98. The van der Waals surface area contributed by atoms with Gasteiger partial charge in [0.1, 0.15) is 12.5 Å². The molecule has 1 aromatic carbocycles. The van der Waals surface area contributed by atoms with Crippen LogP contribution < -0.4 is 0 Å². The highest BCUT2D eigenvalue weighted by atomic mass is 32.2. The zero-order valence-electron chi connectivity index (χ0n) is 14.3. The van der Waals surface area contributed by atoms with Gasteiger partial charge in [-0.2, -0.15) is 5.26 Å². The molecule has 2 aromatic rings. The summed E-state index contributed by atoms with van der Waals surface area (Å²) < 4.78 is 16.9. The van der Waals surface area contributed by atoms with Crippen LogP contribution in [0, 0.1) is 11.3 Å². The highest BCUT2D eigenvalue weighted by Crippen LogP contribution is 2.31. The fraction of sp³-hybridized carbons (Fsp3) is 0.150. The van der Waals surface area contributed by atoms with E-state index in [1.807, 2.05) is 24.3 Å². The first-order valence-corrected chi connectivity index (χ1v) is 9.36. The average Bonchev–Trinajstić information content (AvgIpc) is 3.22. The van der Waals surface area contributed by atoms with Gasteiger partial charge >= 0.3 is 0 Å². The number of hydrogen-bond acceptors (Lipinski definition) is 7. The van der Waals surface area contributed by atoms with E-state index in [1.54, 1.807) is 18.4 Å². The minimum absolute atomic E-state index is 0.273. The number of allylic oxidation sites excluding steroid dienone is 4. The van der Waals surface area contributed by atoms with Crippen molar-refractivity contribution in [1.29, 1.82) is 5.26 Å². The van der Waals surface area contributed by atoms with E-state index in [4.69, 9.17) is 19.2 Å². The van der Waals surface area contributed by atoms with E-state index in [-0.39, 0.29) is 5.89 Å². The predicted molar refractivity (Wildman–Crippen MR) is 99.7 cm³/mol. The van der Waals surface area contributed by atoms with E-state index in [2.05, 4.69) is 22.3 Å². The molecule has 0 bridgehead atoms. The van der Waals surface area contributed by atoms with Gasteiger partial charge in [-0.05, 0) is 36.1 Å². The first-order chi connectivity index (χ1) is 13.3. The molecule has 0 saturated carbocycles. The molecule has 2 heterocycles. The lowest BCUT2D eigenvalue weighted by Gasteiger charge is -2.17. The maximum Gasteiger partial charge on any atom is 0.287 e. The number of rotatable bonds is 5. The van der Waals surface area contributed by atoms with Gasteiger partial charge in [0.05, 0.1) is 11.6 Å². The monoisotopic (exact) mass is 377 g/mol. The van der Waals surface area contributed by atoms with E-state index >= 15 is 0 Å². The molecule has 0 atom stereocenters. The number of nitriles is 1. The molecule has 6 nitrogen and oxygen atoms in total. The van der Waals surface area contributed by atoms with Gasteiger partial charge in [-0.3, -0.25) is 0 Å². The second-order valence-corrected chi connectivity index (χ2v) is 6.76. The first kappa shape index (κ1) is 17.2. The van der Waals surface area contributed by atoms with Gasteiger partial charge in [-0.25, -0.2) is 0 Å². The van der Waals surface area contributed by atoms with Crippen LogP contribution in [0.3, 0.4) is 0 Å². The summed E-state index contributed by atoms with van der Waals surface area (Å²) >= 11 is 1.42. The number of aromatic nitrogens is 2. The van der Waals surface area contributed by atoms with Gasteiger partial charge in [0, 0.05) is 5.75 Å². The van der Waals surface area contributed by atoms with Crippen LogP contribution in [-0.2, 0) is 15.2 Å². The largest absolute Gasteiger partial charge is 0.465 e. The summed E-state index contributed by atoms with van der Waals surface area (Å²) in [5.41, 5.74) is 2.77. The molecule has 2 aliphatic rings. The Labute approximate surface area is 160 Å². The number of thioether (sulfide) groups is 1. The minimum atomic E-state index is 0.273. The molecule has 27 heavy (non-hydrogen) atoms. The van der Waals surface area contributed by atoms with Crippen molar-refractivity contribution < 1.29 is 13.9 Å².